The van der Waals surface area contributed by atoms with E-state index in [1.807, 2.05) is 60.7 Å². The first-order valence-corrected chi connectivity index (χ1v) is 10.4. The van der Waals surface area contributed by atoms with Gasteiger partial charge in [-0.05, 0) is 66.2 Å². The van der Waals surface area contributed by atoms with Crippen LogP contribution in [0, 0.1) is 0 Å². The lowest BCUT2D eigenvalue weighted by molar-refractivity contribution is 1.27. The number of fused-ring (bicyclic) bond motifs is 8. The lowest BCUT2D eigenvalue weighted by atomic mass is 10.0. The van der Waals surface area contributed by atoms with Gasteiger partial charge in [-0.2, -0.15) is 0 Å². The first-order chi connectivity index (χ1) is 15.2. The van der Waals surface area contributed by atoms with Gasteiger partial charge >= 0.3 is 0 Å². The molecule has 1 aromatic carbocycles. The Kier molecular flexibility index (Phi) is 4.11. The number of nitrogens with zero attached hydrogens (tertiary/aromatic N) is 2. The molecule has 4 nitrogen and oxygen atoms in total. The lowest BCUT2D eigenvalue weighted by Crippen LogP contribution is -1.85. The van der Waals surface area contributed by atoms with Gasteiger partial charge in [-0.15, -0.1) is 0 Å². The molecule has 148 valence electrons. The largest absolute Gasteiger partial charge is 0.355 e. The predicted octanol–water partition coefficient (Wildman–Crippen LogP) is 6.64. The van der Waals surface area contributed by atoms with E-state index in [4.69, 9.17) is 21.6 Å². The van der Waals surface area contributed by atoms with Gasteiger partial charge in [-0.3, -0.25) is 0 Å². The van der Waals surface area contributed by atoms with E-state index in [1.165, 1.54) is 0 Å². The summed E-state index contributed by atoms with van der Waals surface area (Å²) in [5.41, 5.74) is 9.18. The smallest absolute Gasteiger partial charge is 0.0852 e. The Morgan fingerprint density at radius 2 is 1.19 bits per heavy atom. The average molecular weight is 421 g/mol. The molecule has 0 unspecified atom stereocenters. The number of halogens is 1. The summed E-state index contributed by atoms with van der Waals surface area (Å²) >= 11 is 6.85. The molecule has 3 aromatic heterocycles. The lowest BCUT2D eigenvalue weighted by Gasteiger charge is -2.03. The van der Waals surface area contributed by atoms with Crippen molar-refractivity contribution >= 4 is 56.4 Å². The Labute approximate surface area is 183 Å². The highest BCUT2D eigenvalue weighted by Gasteiger charge is 2.20. The van der Waals surface area contributed by atoms with Crippen LogP contribution in [-0.2, 0) is 0 Å². The quantitative estimate of drug-likeness (QED) is 0.319. The summed E-state index contributed by atoms with van der Waals surface area (Å²) in [5.74, 6) is 0. The number of hydrogen-bond acceptors (Lipinski definition) is 2. The first-order valence-electron chi connectivity index (χ1n) is 10.0. The number of rotatable bonds is 1. The minimum Gasteiger partial charge on any atom is -0.355 e. The van der Waals surface area contributed by atoms with Gasteiger partial charge < -0.3 is 9.97 Å². The molecule has 0 spiro atoms. The maximum atomic E-state index is 6.85. The topological polar surface area (TPSA) is 57.4 Å². The van der Waals surface area contributed by atoms with E-state index in [9.17, 15) is 0 Å². The van der Waals surface area contributed by atoms with E-state index >= 15 is 0 Å². The third kappa shape index (κ3) is 3.37. The molecule has 0 saturated heterocycles. The van der Waals surface area contributed by atoms with Crippen LogP contribution >= 0.6 is 11.6 Å². The Hall–Kier alpha value is -3.89. The molecule has 5 heteroatoms. The van der Waals surface area contributed by atoms with Gasteiger partial charge in [0.15, 0.2) is 0 Å². The number of aromatic amines is 2. The van der Waals surface area contributed by atoms with Gasteiger partial charge in [0, 0.05) is 27.6 Å². The van der Waals surface area contributed by atoms with Crippen LogP contribution in [-0.4, -0.2) is 19.9 Å². The molecule has 4 aromatic rings. The molecule has 6 rings (SSSR count). The molecule has 0 saturated carbocycles. The van der Waals surface area contributed by atoms with E-state index in [0.29, 0.717) is 10.7 Å². The summed E-state index contributed by atoms with van der Waals surface area (Å²) in [7, 11) is 0. The van der Waals surface area contributed by atoms with E-state index < -0.39 is 0 Å². The van der Waals surface area contributed by atoms with Crippen LogP contribution in [0.4, 0.5) is 0 Å². The second-order valence-electron chi connectivity index (χ2n) is 7.55. The zero-order chi connectivity index (χ0) is 20.8. The van der Waals surface area contributed by atoms with Gasteiger partial charge in [-0.25, -0.2) is 9.97 Å². The van der Waals surface area contributed by atoms with E-state index in [-0.39, 0.29) is 0 Å². The Morgan fingerprint density at radius 1 is 0.581 bits per heavy atom. The molecule has 0 amide bonds. The summed E-state index contributed by atoms with van der Waals surface area (Å²) in [6, 6.07) is 26.4. The van der Waals surface area contributed by atoms with Crippen molar-refractivity contribution in [3.05, 3.63) is 107 Å². The van der Waals surface area contributed by atoms with E-state index in [2.05, 4.69) is 40.3 Å². The van der Waals surface area contributed by atoms with Crippen LogP contribution in [0.5, 0.6) is 0 Å². The van der Waals surface area contributed by atoms with Crippen molar-refractivity contribution in [2.75, 3.05) is 0 Å². The van der Waals surface area contributed by atoms with Crippen LogP contribution in [0.1, 0.15) is 28.3 Å². The summed E-state index contributed by atoms with van der Waals surface area (Å²) in [6.07, 6.45) is 3.97. The fourth-order valence-electron chi connectivity index (χ4n) is 3.92. The standard InChI is InChI=1S/C26H17ClN4/c27-26-24-15-22-11-9-20(30-22)13-18-7-6-17(28-18)12-19-8-10-21(29-19)14-23(31-24)25(26)16-4-2-1-3-5-16/h1-15,28-29H. The molecule has 2 aliphatic heterocycles. The molecule has 0 aliphatic carbocycles. The number of aromatic nitrogens is 4. The van der Waals surface area contributed by atoms with Crippen molar-refractivity contribution in [2.45, 2.75) is 0 Å². The van der Waals surface area contributed by atoms with E-state index in [0.717, 1.165) is 50.3 Å². The maximum absolute atomic E-state index is 6.85. The molecule has 2 N–H and O–H groups in total. The molecule has 0 radical (unpaired) electrons. The highest BCUT2D eigenvalue weighted by molar-refractivity contribution is 6.53. The number of benzene rings is 1. The second kappa shape index (κ2) is 7.11. The van der Waals surface area contributed by atoms with Gasteiger partial charge in [0.05, 0.1) is 27.8 Å². The van der Waals surface area contributed by atoms with Gasteiger partial charge in [0.2, 0.25) is 0 Å². The minimum absolute atomic E-state index is 0.627. The van der Waals surface area contributed by atoms with Crippen LogP contribution in [0.15, 0.2) is 78.9 Å². The summed E-state index contributed by atoms with van der Waals surface area (Å²) in [5, 5.41) is 0.627. The molecule has 31 heavy (non-hydrogen) atoms. The van der Waals surface area contributed by atoms with Crippen molar-refractivity contribution in [2.24, 2.45) is 0 Å². The number of hydrogen-bond donors (Lipinski definition) is 2. The molecular weight excluding hydrogens is 404 g/mol. The van der Waals surface area contributed by atoms with Gasteiger partial charge in [-0.1, -0.05) is 41.9 Å². The third-order valence-corrected chi connectivity index (χ3v) is 5.72. The van der Waals surface area contributed by atoms with Crippen molar-refractivity contribution in [1.82, 2.24) is 19.9 Å². The molecular formula is C26H17ClN4. The Bertz CT molecular complexity index is 1540. The highest BCUT2D eigenvalue weighted by Crippen LogP contribution is 2.37. The molecule has 0 atom stereocenters. The van der Waals surface area contributed by atoms with Gasteiger partial charge in [0.1, 0.15) is 0 Å². The van der Waals surface area contributed by atoms with E-state index in [1.54, 1.807) is 0 Å². The third-order valence-electron chi connectivity index (χ3n) is 5.34. The zero-order valence-electron chi connectivity index (χ0n) is 16.4. The van der Waals surface area contributed by atoms with Crippen LogP contribution in [0.3, 0.4) is 0 Å². The predicted molar refractivity (Wildman–Crippen MR) is 128 cm³/mol. The molecule has 5 heterocycles. The fourth-order valence-corrected chi connectivity index (χ4v) is 4.22. The Morgan fingerprint density at radius 3 is 1.90 bits per heavy atom. The van der Waals surface area contributed by atoms with Crippen molar-refractivity contribution in [3.8, 4) is 0 Å². The van der Waals surface area contributed by atoms with Crippen LogP contribution in [0.2, 0.25) is 0 Å². The number of nitrogens with one attached hydrogen (secondary N) is 2. The maximum Gasteiger partial charge on any atom is 0.0852 e. The SMILES string of the molecule is ClC1=C(c2ccccc2)c2cc3ccc(cc4ccc(cc5nc(cc1n2)C=C5)[nH]4)[nH]3. The molecule has 8 bridgehead atoms. The first kappa shape index (κ1) is 17.9. The molecule has 2 aliphatic rings. The van der Waals surface area contributed by atoms with Crippen LogP contribution in [0.25, 0.3) is 44.8 Å². The zero-order valence-corrected chi connectivity index (χ0v) is 17.2. The Balaban J connectivity index is 1.69. The van der Waals surface area contributed by atoms with Gasteiger partial charge in [0.25, 0.3) is 0 Å². The second-order valence-corrected chi connectivity index (χ2v) is 7.93. The average Bonchev–Trinajstić information content (AvgIpc) is 3.55. The number of H-pyrrole nitrogens is 2. The van der Waals surface area contributed by atoms with Crippen molar-refractivity contribution in [3.63, 3.8) is 0 Å². The summed E-state index contributed by atoms with van der Waals surface area (Å²) in [6.45, 7) is 0. The highest BCUT2D eigenvalue weighted by atomic mass is 35.5. The summed E-state index contributed by atoms with van der Waals surface area (Å²) < 4.78 is 0. The van der Waals surface area contributed by atoms with Crippen LogP contribution < -0.4 is 0 Å². The monoisotopic (exact) mass is 420 g/mol. The van der Waals surface area contributed by atoms with Crippen molar-refractivity contribution in [1.29, 1.82) is 0 Å². The summed E-state index contributed by atoms with van der Waals surface area (Å²) in [4.78, 5) is 16.4. The fraction of sp³-hybridized carbons (Fsp3) is 0. The molecule has 0 fully saturated rings. The van der Waals surface area contributed by atoms with Crippen molar-refractivity contribution < 1.29 is 0 Å². The minimum atomic E-state index is 0.627. The normalized spacial score (nSPS) is 13.1.